The zero-order valence-electron chi connectivity index (χ0n) is 11.3. The zero-order chi connectivity index (χ0) is 15.1. The molecule has 1 heterocycles. The maximum atomic E-state index is 12.5. The molecule has 1 aromatic carbocycles. The molecule has 0 aliphatic rings. The van der Waals surface area contributed by atoms with E-state index in [1.54, 1.807) is 11.3 Å². The van der Waals surface area contributed by atoms with E-state index in [1.165, 1.54) is 17.0 Å². The van der Waals surface area contributed by atoms with Crippen LogP contribution in [0.4, 0.5) is 13.2 Å². The van der Waals surface area contributed by atoms with Gasteiger partial charge in [0.25, 0.3) is 0 Å². The van der Waals surface area contributed by atoms with Gasteiger partial charge in [0.2, 0.25) is 0 Å². The summed E-state index contributed by atoms with van der Waals surface area (Å²) in [5.41, 5.74) is -0.689. The van der Waals surface area contributed by atoms with Crippen LogP contribution in [0.1, 0.15) is 10.4 Å². The van der Waals surface area contributed by atoms with E-state index in [0.717, 1.165) is 25.1 Å². The van der Waals surface area contributed by atoms with Crippen LogP contribution >= 0.6 is 11.3 Å². The summed E-state index contributed by atoms with van der Waals surface area (Å²) >= 11 is 1.71. The number of alkyl halides is 3. The highest BCUT2D eigenvalue weighted by atomic mass is 32.1. The van der Waals surface area contributed by atoms with Crippen LogP contribution in [-0.2, 0) is 12.6 Å². The number of benzene rings is 1. The van der Waals surface area contributed by atoms with Crippen molar-refractivity contribution in [3.63, 3.8) is 0 Å². The summed E-state index contributed by atoms with van der Waals surface area (Å²) in [4.78, 5) is 1.31. The summed E-state index contributed by atoms with van der Waals surface area (Å²) < 4.78 is 42.9. The van der Waals surface area contributed by atoms with E-state index in [-0.39, 0.29) is 5.75 Å². The van der Waals surface area contributed by atoms with E-state index in [1.807, 2.05) is 11.4 Å². The maximum Gasteiger partial charge on any atom is 0.416 e. The lowest BCUT2D eigenvalue weighted by Crippen LogP contribution is -2.23. The molecule has 0 saturated heterocycles. The van der Waals surface area contributed by atoms with Crippen molar-refractivity contribution in [3.8, 4) is 5.75 Å². The van der Waals surface area contributed by atoms with Gasteiger partial charge in [-0.3, -0.25) is 0 Å². The first-order valence-corrected chi connectivity index (χ1v) is 7.47. The van der Waals surface area contributed by atoms with E-state index >= 15 is 0 Å². The van der Waals surface area contributed by atoms with E-state index in [0.29, 0.717) is 13.2 Å². The van der Waals surface area contributed by atoms with E-state index in [4.69, 9.17) is 4.74 Å². The molecule has 0 radical (unpaired) electrons. The van der Waals surface area contributed by atoms with Crippen LogP contribution < -0.4 is 10.1 Å². The highest BCUT2D eigenvalue weighted by Gasteiger charge is 2.30. The number of hydrogen-bond acceptors (Lipinski definition) is 3. The Morgan fingerprint density at radius 3 is 2.67 bits per heavy atom. The quantitative estimate of drug-likeness (QED) is 0.780. The van der Waals surface area contributed by atoms with Gasteiger partial charge in [0.15, 0.2) is 0 Å². The van der Waals surface area contributed by atoms with Crippen molar-refractivity contribution in [3.05, 3.63) is 52.2 Å². The van der Waals surface area contributed by atoms with Crippen molar-refractivity contribution < 1.29 is 17.9 Å². The fourth-order valence-corrected chi connectivity index (χ4v) is 2.50. The Morgan fingerprint density at radius 2 is 1.95 bits per heavy atom. The van der Waals surface area contributed by atoms with Crippen molar-refractivity contribution in [1.29, 1.82) is 0 Å². The Balaban J connectivity index is 1.67. The highest BCUT2D eigenvalue weighted by molar-refractivity contribution is 7.09. The lowest BCUT2D eigenvalue weighted by molar-refractivity contribution is -0.137. The predicted octanol–water partition coefficient (Wildman–Crippen LogP) is 3.98. The van der Waals surface area contributed by atoms with E-state index in [9.17, 15) is 13.2 Å². The molecule has 2 aromatic rings. The second-order valence-corrected chi connectivity index (χ2v) is 5.49. The molecule has 0 aliphatic carbocycles. The van der Waals surface area contributed by atoms with Crippen molar-refractivity contribution >= 4 is 11.3 Å². The van der Waals surface area contributed by atoms with Crippen LogP contribution in [0, 0.1) is 0 Å². The number of nitrogens with one attached hydrogen (secondary N) is 1. The molecule has 1 aromatic heterocycles. The molecule has 0 unspecified atom stereocenters. The second kappa shape index (κ2) is 7.47. The summed E-state index contributed by atoms with van der Waals surface area (Å²) in [5, 5.41) is 5.23. The summed E-state index contributed by atoms with van der Waals surface area (Å²) in [5.74, 6) is 0.241. The Hall–Kier alpha value is -1.53. The molecular formula is C15H16F3NOS. The van der Waals surface area contributed by atoms with Gasteiger partial charge in [-0.25, -0.2) is 0 Å². The summed E-state index contributed by atoms with van der Waals surface area (Å²) in [7, 11) is 0. The number of rotatable bonds is 7. The van der Waals surface area contributed by atoms with Gasteiger partial charge in [0.05, 0.1) is 5.56 Å². The Morgan fingerprint density at radius 1 is 1.10 bits per heavy atom. The normalized spacial score (nSPS) is 11.6. The van der Waals surface area contributed by atoms with Crippen LogP contribution in [-0.4, -0.2) is 19.7 Å². The maximum absolute atomic E-state index is 12.5. The number of hydrogen-bond donors (Lipinski definition) is 1. The third-order valence-electron chi connectivity index (χ3n) is 2.84. The van der Waals surface area contributed by atoms with Crippen LogP contribution in [0.5, 0.6) is 5.75 Å². The average Bonchev–Trinajstić information content (AvgIpc) is 2.95. The zero-order valence-corrected chi connectivity index (χ0v) is 12.1. The van der Waals surface area contributed by atoms with Gasteiger partial charge < -0.3 is 10.1 Å². The lowest BCUT2D eigenvalue weighted by Gasteiger charge is -2.10. The lowest BCUT2D eigenvalue weighted by atomic mass is 10.2. The van der Waals surface area contributed by atoms with Gasteiger partial charge in [0.1, 0.15) is 12.4 Å². The summed E-state index contributed by atoms with van der Waals surface area (Å²) in [6.07, 6.45) is -3.39. The topological polar surface area (TPSA) is 21.3 Å². The molecule has 0 amide bonds. The van der Waals surface area contributed by atoms with Gasteiger partial charge in [0, 0.05) is 18.0 Å². The molecule has 6 heteroatoms. The highest BCUT2D eigenvalue weighted by Crippen LogP contribution is 2.31. The third-order valence-corrected chi connectivity index (χ3v) is 3.77. The van der Waals surface area contributed by atoms with Gasteiger partial charge in [-0.1, -0.05) is 12.1 Å². The monoisotopic (exact) mass is 315 g/mol. The standard InChI is InChI=1S/C15H16F3NOS/c16-15(17,18)12-3-1-4-13(11-12)20-9-8-19-7-6-14-5-2-10-21-14/h1-5,10-11,19H,6-9H2. The molecule has 0 spiro atoms. The number of ether oxygens (including phenoxy) is 1. The van der Waals surface area contributed by atoms with Crippen molar-refractivity contribution in [1.82, 2.24) is 5.32 Å². The first kappa shape index (κ1) is 15.9. The van der Waals surface area contributed by atoms with Gasteiger partial charge in [-0.2, -0.15) is 13.2 Å². The van der Waals surface area contributed by atoms with Gasteiger partial charge in [-0.15, -0.1) is 11.3 Å². The summed E-state index contributed by atoms with van der Waals surface area (Å²) in [6, 6.07) is 9.02. The fourth-order valence-electron chi connectivity index (χ4n) is 1.79. The first-order valence-electron chi connectivity index (χ1n) is 6.59. The Labute approximate surface area is 125 Å². The number of halogens is 3. The average molecular weight is 315 g/mol. The molecule has 2 nitrogen and oxygen atoms in total. The first-order chi connectivity index (χ1) is 10.1. The largest absolute Gasteiger partial charge is 0.492 e. The van der Waals surface area contributed by atoms with Crippen molar-refractivity contribution in [2.45, 2.75) is 12.6 Å². The Bertz CT molecular complexity index is 540. The van der Waals surface area contributed by atoms with Crippen molar-refractivity contribution in [2.75, 3.05) is 19.7 Å². The number of thiophene rings is 1. The summed E-state index contributed by atoms with van der Waals surface area (Å²) in [6.45, 7) is 1.76. The molecule has 1 N–H and O–H groups in total. The SMILES string of the molecule is FC(F)(F)c1cccc(OCCNCCc2cccs2)c1. The molecule has 21 heavy (non-hydrogen) atoms. The van der Waals surface area contributed by atoms with Crippen LogP contribution in [0.15, 0.2) is 41.8 Å². The smallest absolute Gasteiger partial charge is 0.416 e. The minimum Gasteiger partial charge on any atom is -0.492 e. The van der Waals surface area contributed by atoms with Crippen molar-refractivity contribution in [2.24, 2.45) is 0 Å². The van der Waals surface area contributed by atoms with E-state index in [2.05, 4.69) is 11.4 Å². The van der Waals surface area contributed by atoms with Crippen LogP contribution in [0.25, 0.3) is 0 Å². The second-order valence-electron chi connectivity index (χ2n) is 4.45. The third kappa shape index (κ3) is 5.40. The van der Waals surface area contributed by atoms with E-state index < -0.39 is 11.7 Å². The minimum atomic E-state index is -4.33. The molecule has 2 rings (SSSR count). The molecule has 0 fully saturated rings. The molecule has 0 aliphatic heterocycles. The molecule has 0 atom stereocenters. The fraction of sp³-hybridized carbons (Fsp3) is 0.333. The molecule has 0 saturated carbocycles. The molecule has 114 valence electrons. The van der Waals surface area contributed by atoms with Gasteiger partial charge in [-0.05, 0) is 36.1 Å². The Kier molecular flexibility index (Phi) is 5.64. The van der Waals surface area contributed by atoms with Crippen LogP contribution in [0.2, 0.25) is 0 Å². The van der Waals surface area contributed by atoms with Gasteiger partial charge >= 0.3 is 6.18 Å². The minimum absolute atomic E-state index is 0.241. The predicted molar refractivity (Wildman–Crippen MR) is 77.8 cm³/mol. The molecular weight excluding hydrogens is 299 g/mol. The van der Waals surface area contributed by atoms with Crippen LogP contribution in [0.3, 0.4) is 0 Å². The molecule has 0 bridgehead atoms.